The standard InChI is InChI=1S/C13H24O5/c1-9(5-3-4-6-12(15)16)17-13-8-7-11(14)10(2)18-13/h9-11,13-14H,3-8H2,1-2H3,(H,15,16)/t9-,10+,11-,13-/m1/s1. The number of hydrogen-bond acceptors (Lipinski definition) is 4. The quantitative estimate of drug-likeness (QED) is 0.684. The highest BCUT2D eigenvalue weighted by Gasteiger charge is 2.27. The molecule has 0 spiro atoms. The van der Waals surface area contributed by atoms with Gasteiger partial charge in [0.05, 0.1) is 18.3 Å². The average molecular weight is 260 g/mol. The Morgan fingerprint density at radius 3 is 2.78 bits per heavy atom. The van der Waals surface area contributed by atoms with E-state index in [1.165, 1.54) is 0 Å². The fourth-order valence-electron chi connectivity index (χ4n) is 2.07. The van der Waals surface area contributed by atoms with Crippen LogP contribution in [-0.2, 0) is 14.3 Å². The lowest BCUT2D eigenvalue weighted by Gasteiger charge is -2.33. The van der Waals surface area contributed by atoms with Crippen molar-refractivity contribution in [2.75, 3.05) is 0 Å². The molecule has 0 unspecified atom stereocenters. The summed E-state index contributed by atoms with van der Waals surface area (Å²) in [6.07, 6.45) is 3.26. The summed E-state index contributed by atoms with van der Waals surface area (Å²) in [5.41, 5.74) is 0. The molecule has 1 fully saturated rings. The predicted molar refractivity (Wildman–Crippen MR) is 66.2 cm³/mol. The first-order chi connectivity index (χ1) is 8.49. The summed E-state index contributed by atoms with van der Waals surface area (Å²) >= 11 is 0. The molecule has 1 rings (SSSR count). The van der Waals surface area contributed by atoms with Crippen molar-refractivity contribution in [2.45, 2.75) is 77.0 Å². The van der Waals surface area contributed by atoms with Crippen LogP contribution < -0.4 is 0 Å². The number of ether oxygens (including phenoxy) is 2. The number of unbranched alkanes of at least 4 members (excludes halogenated alkanes) is 1. The summed E-state index contributed by atoms with van der Waals surface area (Å²) in [4.78, 5) is 10.4. The van der Waals surface area contributed by atoms with Crippen LogP contribution in [0.4, 0.5) is 0 Å². The van der Waals surface area contributed by atoms with E-state index < -0.39 is 12.1 Å². The van der Waals surface area contributed by atoms with Gasteiger partial charge in [-0.1, -0.05) is 6.42 Å². The van der Waals surface area contributed by atoms with Crippen LogP contribution in [0.15, 0.2) is 0 Å². The maximum Gasteiger partial charge on any atom is 0.303 e. The van der Waals surface area contributed by atoms with Crippen molar-refractivity contribution in [1.29, 1.82) is 0 Å². The predicted octanol–water partition coefficient (Wildman–Crippen LogP) is 1.92. The first kappa shape index (κ1) is 15.4. The maximum atomic E-state index is 10.4. The van der Waals surface area contributed by atoms with E-state index in [0.29, 0.717) is 19.3 Å². The van der Waals surface area contributed by atoms with Gasteiger partial charge >= 0.3 is 5.97 Å². The van der Waals surface area contributed by atoms with Gasteiger partial charge in [-0.15, -0.1) is 0 Å². The van der Waals surface area contributed by atoms with Crippen LogP contribution >= 0.6 is 0 Å². The smallest absolute Gasteiger partial charge is 0.303 e. The molecule has 5 nitrogen and oxygen atoms in total. The molecule has 1 saturated heterocycles. The highest BCUT2D eigenvalue weighted by atomic mass is 16.7. The summed E-state index contributed by atoms with van der Waals surface area (Å²) in [6, 6.07) is 0. The summed E-state index contributed by atoms with van der Waals surface area (Å²) in [7, 11) is 0. The van der Waals surface area contributed by atoms with Crippen LogP contribution in [0.25, 0.3) is 0 Å². The average Bonchev–Trinajstić information content (AvgIpc) is 2.29. The third kappa shape index (κ3) is 5.80. The normalized spacial score (nSPS) is 30.1. The number of hydrogen-bond donors (Lipinski definition) is 2. The molecule has 4 atom stereocenters. The van der Waals surface area contributed by atoms with Gasteiger partial charge < -0.3 is 19.7 Å². The van der Waals surface area contributed by atoms with E-state index in [2.05, 4.69) is 0 Å². The van der Waals surface area contributed by atoms with Crippen molar-refractivity contribution in [1.82, 2.24) is 0 Å². The fraction of sp³-hybridized carbons (Fsp3) is 0.923. The largest absolute Gasteiger partial charge is 0.481 e. The van der Waals surface area contributed by atoms with Crippen molar-refractivity contribution >= 4 is 5.97 Å². The lowest BCUT2D eigenvalue weighted by molar-refractivity contribution is -0.232. The van der Waals surface area contributed by atoms with Crippen molar-refractivity contribution in [2.24, 2.45) is 0 Å². The Morgan fingerprint density at radius 2 is 2.17 bits per heavy atom. The number of aliphatic hydroxyl groups is 1. The summed E-state index contributed by atoms with van der Waals surface area (Å²) in [6.45, 7) is 3.82. The number of carbonyl (C=O) groups is 1. The highest BCUT2D eigenvalue weighted by molar-refractivity contribution is 5.66. The van der Waals surface area contributed by atoms with Crippen LogP contribution in [-0.4, -0.2) is 40.8 Å². The molecule has 106 valence electrons. The molecule has 0 radical (unpaired) electrons. The minimum absolute atomic E-state index is 0.0613. The lowest BCUT2D eigenvalue weighted by atomic mass is 10.1. The van der Waals surface area contributed by atoms with Gasteiger partial charge in [-0.2, -0.15) is 0 Å². The maximum absolute atomic E-state index is 10.4. The van der Waals surface area contributed by atoms with Gasteiger partial charge in [0, 0.05) is 12.8 Å². The molecule has 0 aromatic heterocycles. The Kier molecular flexibility index (Phi) is 6.60. The molecule has 0 aromatic rings. The van der Waals surface area contributed by atoms with E-state index in [1.54, 1.807) is 0 Å². The molecule has 18 heavy (non-hydrogen) atoms. The van der Waals surface area contributed by atoms with Crippen molar-refractivity contribution < 1.29 is 24.5 Å². The van der Waals surface area contributed by atoms with Gasteiger partial charge in [-0.3, -0.25) is 4.79 Å². The summed E-state index contributed by atoms with van der Waals surface area (Å²) in [5, 5.41) is 18.0. The molecule has 0 saturated carbocycles. The number of carboxylic acid groups (broad SMARTS) is 1. The molecule has 1 aliphatic heterocycles. The van der Waals surface area contributed by atoms with E-state index >= 15 is 0 Å². The number of rotatable bonds is 7. The van der Waals surface area contributed by atoms with E-state index in [1.807, 2.05) is 13.8 Å². The zero-order valence-corrected chi connectivity index (χ0v) is 11.2. The van der Waals surface area contributed by atoms with Crippen LogP contribution in [0, 0.1) is 0 Å². The van der Waals surface area contributed by atoms with Crippen LogP contribution in [0.1, 0.15) is 52.4 Å². The lowest BCUT2D eigenvalue weighted by Crippen LogP contribution is -2.39. The Balaban J connectivity index is 2.12. The van der Waals surface area contributed by atoms with Crippen molar-refractivity contribution in [3.05, 3.63) is 0 Å². The van der Waals surface area contributed by atoms with E-state index in [9.17, 15) is 9.90 Å². The second-order valence-corrected chi connectivity index (χ2v) is 5.00. The Labute approximate surface area is 108 Å². The fourth-order valence-corrected chi connectivity index (χ4v) is 2.07. The summed E-state index contributed by atoms with van der Waals surface area (Å²) in [5.74, 6) is -0.748. The first-order valence-corrected chi connectivity index (χ1v) is 6.70. The topological polar surface area (TPSA) is 76.0 Å². The third-order valence-electron chi connectivity index (χ3n) is 3.24. The number of aliphatic carboxylic acids is 1. The molecule has 0 amide bonds. The SMILES string of the molecule is C[C@H](CCCCC(=O)O)O[C@H]1CC[C@@H](O)[C@H](C)O1. The third-order valence-corrected chi connectivity index (χ3v) is 3.24. The highest BCUT2D eigenvalue weighted by Crippen LogP contribution is 2.22. The zero-order valence-electron chi connectivity index (χ0n) is 11.2. The zero-order chi connectivity index (χ0) is 13.5. The molecule has 2 N–H and O–H groups in total. The molecule has 0 bridgehead atoms. The van der Waals surface area contributed by atoms with Crippen LogP contribution in [0.2, 0.25) is 0 Å². The van der Waals surface area contributed by atoms with E-state index in [0.717, 1.165) is 12.8 Å². The van der Waals surface area contributed by atoms with Gasteiger partial charge in [-0.05, 0) is 33.1 Å². The molecule has 0 aromatic carbocycles. The van der Waals surface area contributed by atoms with E-state index in [4.69, 9.17) is 14.6 Å². The Bertz CT molecular complexity index is 256. The molecular weight excluding hydrogens is 236 g/mol. The summed E-state index contributed by atoms with van der Waals surface area (Å²) < 4.78 is 11.3. The van der Waals surface area contributed by atoms with Gasteiger partial charge in [0.15, 0.2) is 6.29 Å². The number of carboxylic acids is 1. The van der Waals surface area contributed by atoms with Crippen LogP contribution in [0.5, 0.6) is 0 Å². The van der Waals surface area contributed by atoms with Crippen LogP contribution in [0.3, 0.4) is 0 Å². The van der Waals surface area contributed by atoms with E-state index in [-0.39, 0.29) is 24.9 Å². The molecule has 0 aliphatic carbocycles. The molecular formula is C13H24O5. The van der Waals surface area contributed by atoms with Gasteiger partial charge in [0.2, 0.25) is 0 Å². The Hall–Kier alpha value is -0.650. The minimum Gasteiger partial charge on any atom is -0.481 e. The molecule has 5 heteroatoms. The minimum atomic E-state index is -0.748. The molecule has 1 heterocycles. The van der Waals surface area contributed by atoms with Gasteiger partial charge in [0.1, 0.15) is 0 Å². The van der Waals surface area contributed by atoms with Crippen molar-refractivity contribution in [3.63, 3.8) is 0 Å². The second kappa shape index (κ2) is 7.71. The second-order valence-electron chi connectivity index (χ2n) is 5.00. The molecule has 1 aliphatic rings. The van der Waals surface area contributed by atoms with Crippen molar-refractivity contribution in [3.8, 4) is 0 Å². The number of aliphatic hydroxyl groups excluding tert-OH is 1. The van der Waals surface area contributed by atoms with Gasteiger partial charge in [-0.25, -0.2) is 0 Å². The first-order valence-electron chi connectivity index (χ1n) is 6.70. The van der Waals surface area contributed by atoms with Gasteiger partial charge in [0.25, 0.3) is 0 Å². The Morgan fingerprint density at radius 1 is 1.44 bits per heavy atom. The monoisotopic (exact) mass is 260 g/mol.